The summed E-state index contributed by atoms with van der Waals surface area (Å²) in [5, 5.41) is 5.08. The van der Waals surface area contributed by atoms with Crippen molar-refractivity contribution in [3.63, 3.8) is 0 Å². The van der Waals surface area contributed by atoms with Crippen LogP contribution in [0.1, 0.15) is 24.8 Å². The van der Waals surface area contributed by atoms with Gasteiger partial charge >= 0.3 is 0 Å². The number of pyridine rings is 1. The maximum atomic E-state index is 12.6. The molecule has 2 amide bonds. The molecule has 1 aliphatic carbocycles. The van der Waals surface area contributed by atoms with Crippen LogP contribution < -0.4 is 10.2 Å². The van der Waals surface area contributed by atoms with E-state index in [2.05, 4.69) is 15.3 Å². The highest BCUT2D eigenvalue weighted by Crippen LogP contribution is 2.35. The quantitative estimate of drug-likeness (QED) is 0.486. The number of nitrogens with one attached hydrogen (secondary N) is 1. The molecule has 8 heteroatoms. The minimum absolute atomic E-state index is 0.105. The molecule has 0 radical (unpaired) electrons. The minimum Gasteiger partial charge on any atom is -0.333 e. The lowest BCUT2D eigenvalue weighted by atomic mass is 9.84. The Bertz CT molecular complexity index is 1330. The summed E-state index contributed by atoms with van der Waals surface area (Å²) >= 11 is 7.64. The Labute approximate surface area is 200 Å². The molecule has 33 heavy (non-hydrogen) atoms. The highest BCUT2D eigenvalue weighted by atomic mass is 35.5. The van der Waals surface area contributed by atoms with Crippen LogP contribution in [0.3, 0.4) is 0 Å². The summed E-state index contributed by atoms with van der Waals surface area (Å²) in [6.45, 7) is 0. The van der Waals surface area contributed by atoms with Crippen molar-refractivity contribution in [3.8, 4) is 0 Å². The number of benzene rings is 2. The highest BCUT2D eigenvalue weighted by molar-refractivity contribution is 8.18. The van der Waals surface area contributed by atoms with Gasteiger partial charge in [-0.3, -0.25) is 14.6 Å². The van der Waals surface area contributed by atoms with Crippen molar-refractivity contribution in [2.45, 2.75) is 19.3 Å². The first-order valence-corrected chi connectivity index (χ1v) is 11.9. The Morgan fingerprint density at radius 3 is 2.85 bits per heavy atom. The molecule has 6 nitrogen and oxygen atoms in total. The lowest BCUT2D eigenvalue weighted by Crippen LogP contribution is -2.36. The fraction of sp³-hybridized carbons (Fsp3) is 0.200. The van der Waals surface area contributed by atoms with E-state index in [0.29, 0.717) is 20.8 Å². The van der Waals surface area contributed by atoms with E-state index in [1.807, 2.05) is 48.5 Å². The number of hydrogen-bond donors (Lipinski definition) is 1. The number of thioether (sulfide) groups is 1. The van der Waals surface area contributed by atoms with Crippen LogP contribution in [0.25, 0.3) is 17.0 Å². The second kappa shape index (κ2) is 9.00. The van der Waals surface area contributed by atoms with Crippen LogP contribution >= 0.6 is 23.4 Å². The van der Waals surface area contributed by atoms with Gasteiger partial charge in [-0.15, -0.1) is 0 Å². The Morgan fingerprint density at radius 1 is 1.21 bits per heavy atom. The van der Waals surface area contributed by atoms with Crippen molar-refractivity contribution in [2.75, 3.05) is 17.3 Å². The lowest BCUT2D eigenvalue weighted by Gasteiger charge is -2.29. The van der Waals surface area contributed by atoms with E-state index >= 15 is 0 Å². The van der Waals surface area contributed by atoms with Crippen molar-refractivity contribution in [2.24, 2.45) is 10.9 Å². The van der Waals surface area contributed by atoms with Crippen LogP contribution in [0, 0.1) is 5.92 Å². The van der Waals surface area contributed by atoms with Gasteiger partial charge in [0.1, 0.15) is 0 Å². The molecule has 2 heterocycles. The van der Waals surface area contributed by atoms with Gasteiger partial charge in [0.15, 0.2) is 5.17 Å². The largest absolute Gasteiger partial charge is 0.333 e. The van der Waals surface area contributed by atoms with Gasteiger partial charge in [0.2, 0.25) is 5.91 Å². The van der Waals surface area contributed by atoms with Crippen molar-refractivity contribution < 1.29 is 9.59 Å². The molecule has 2 aliphatic rings. The summed E-state index contributed by atoms with van der Waals surface area (Å²) in [6.07, 6.45) is 6.57. The monoisotopic (exact) mass is 476 g/mol. The van der Waals surface area contributed by atoms with E-state index in [4.69, 9.17) is 11.6 Å². The summed E-state index contributed by atoms with van der Waals surface area (Å²) in [6, 6.07) is 15.1. The van der Waals surface area contributed by atoms with Gasteiger partial charge in [-0.2, -0.15) is 4.99 Å². The van der Waals surface area contributed by atoms with Crippen LogP contribution in [0.15, 0.2) is 64.6 Å². The second-order valence-corrected chi connectivity index (χ2v) is 9.54. The van der Waals surface area contributed by atoms with Crippen molar-refractivity contribution in [3.05, 3.63) is 70.2 Å². The van der Waals surface area contributed by atoms with E-state index < -0.39 is 0 Å². The maximum absolute atomic E-state index is 12.6. The van der Waals surface area contributed by atoms with Gasteiger partial charge in [-0.25, -0.2) is 0 Å². The molecule has 5 rings (SSSR count). The van der Waals surface area contributed by atoms with Crippen LogP contribution in [0.4, 0.5) is 11.4 Å². The third-order valence-electron chi connectivity index (χ3n) is 5.91. The Morgan fingerprint density at radius 2 is 2.06 bits per heavy atom. The number of amides is 2. The zero-order valence-corrected chi connectivity index (χ0v) is 19.5. The number of anilines is 2. The van der Waals surface area contributed by atoms with E-state index in [1.54, 1.807) is 24.2 Å². The summed E-state index contributed by atoms with van der Waals surface area (Å²) < 4.78 is 0. The number of aliphatic imine (C=N–C) groups is 1. The third kappa shape index (κ3) is 4.51. The SMILES string of the molecule is CN(C(=O)C1CCC1)c1ccc(Cl)c(NC2=NC(=O)C(=Cc3ccc4ncccc4c3)S2)c1. The fourth-order valence-electron chi connectivity index (χ4n) is 3.79. The first-order valence-electron chi connectivity index (χ1n) is 10.7. The predicted molar refractivity (Wildman–Crippen MR) is 136 cm³/mol. The Hall–Kier alpha value is -3.16. The van der Waals surface area contributed by atoms with Crippen molar-refractivity contribution in [1.29, 1.82) is 0 Å². The molecule has 0 spiro atoms. The van der Waals surface area contributed by atoms with Gasteiger partial charge in [0.05, 0.1) is 21.1 Å². The number of halogens is 1. The standard InChI is InChI=1S/C25H21ClN4O2S/c1-30(24(32)16-4-2-5-16)18-8-9-19(26)21(14-18)28-25-29-23(31)22(33-25)13-15-7-10-20-17(12-15)6-3-11-27-20/h3,6-14,16H,2,4-5H2,1H3,(H,28,29,31). The van der Waals surface area contributed by atoms with Gasteiger partial charge in [0.25, 0.3) is 5.91 Å². The third-order valence-corrected chi connectivity index (χ3v) is 7.14. The minimum atomic E-state index is -0.307. The molecule has 1 aliphatic heterocycles. The lowest BCUT2D eigenvalue weighted by molar-refractivity contribution is -0.124. The molecule has 166 valence electrons. The summed E-state index contributed by atoms with van der Waals surface area (Å²) in [5.41, 5.74) is 3.15. The van der Waals surface area contributed by atoms with Crippen molar-refractivity contribution >= 4 is 68.7 Å². The first kappa shape index (κ1) is 21.7. The van der Waals surface area contributed by atoms with Crippen LogP contribution in [0.2, 0.25) is 5.02 Å². The van der Waals surface area contributed by atoms with Crippen LogP contribution in [-0.4, -0.2) is 29.0 Å². The van der Waals surface area contributed by atoms with Crippen molar-refractivity contribution in [1.82, 2.24) is 4.98 Å². The molecular weight excluding hydrogens is 456 g/mol. The summed E-state index contributed by atoms with van der Waals surface area (Å²) in [7, 11) is 1.78. The van der Waals surface area contributed by atoms with E-state index in [9.17, 15) is 9.59 Å². The molecule has 0 saturated heterocycles. The highest BCUT2D eigenvalue weighted by Gasteiger charge is 2.29. The normalized spacial score (nSPS) is 17.2. The van der Waals surface area contributed by atoms with Gasteiger partial charge in [-0.05, 0) is 72.6 Å². The van der Waals surface area contributed by atoms with E-state index in [-0.39, 0.29) is 17.7 Å². The van der Waals surface area contributed by atoms with Crippen LogP contribution in [-0.2, 0) is 9.59 Å². The fourth-order valence-corrected chi connectivity index (χ4v) is 4.78. The number of fused-ring (bicyclic) bond motifs is 1. The number of amidine groups is 1. The second-order valence-electron chi connectivity index (χ2n) is 8.10. The summed E-state index contributed by atoms with van der Waals surface area (Å²) in [5.74, 6) is -0.0838. The molecule has 3 aromatic rings. The molecule has 2 aromatic carbocycles. The zero-order valence-electron chi connectivity index (χ0n) is 17.9. The van der Waals surface area contributed by atoms with E-state index in [0.717, 1.165) is 41.4 Å². The Kier molecular flexibility index (Phi) is 5.91. The molecule has 1 saturated carbocycles. The summed E-state index contributed by atoms with van der Waals surface area (Å²) in [4.78, 5) is 35.7. The van der Waals surface area contributed by atoms with Gasteiger partial charge in [-0.1, -0.05) is 30.2 Å². The number of rotatable bonds is 4. The molecule has 1 N–H and O–H groups in total. The van der Waals surface area contributed by atoms with Gasteiger partial charge in [0, 0.05) is 30.2 Å². The maximum Gasteiger partial charge on any atom is 0.286 e. The number of carbonyl (C=O) groups excluding carboxylic acids is 2. The Balaban J connectivity index is 1.32. The number of nitrogens with zero attached hydrogens (tertiary/aromatic N) is 3. The molecule has 1 fully saturated rings. The van der Waals surface area contributed by atoms with Crippen LogP contribution in [0.5, 0.6) is 0 Å². The molecule has 0 bridgehead atoms. The number of carbonyl (C=O) groups is 2. The molecule has 0 unspecified atom stereocenters. The first-order chi connectivity index (χ1) is 16.0. The average molecular weight is 477 g/mol. The number of hydrogen-bond acceptors (Lipinski definition) is 5. The molecule has 1 aromatic heterocycles. The van der Waals surface area contributed by atoms with Gasteiger partial charge < -0.3 is 10.2 Å². The molecular formula is C25H21ClN4O2S. The topological polar surface area (TPSA) is 74.7 Å². The average Bonchev–Trinajstić information content (AvgIpc) is 3.12. The van der Waals surface area contributed by atoms with E-state index in [1.165, 1.54) is 11.8 Å². The predicted octanol–water partition coefficient (Wildman–Crippen LogP) is 5.73. The molecule has 0 atom stereocenters. The smallest absolute Gasteiger partial charge is 0.286 e. The zero-order chi connectivity index (χ0) is 22.9. The number of aromatic nitrogens is 1.